The number of aliphatic hydroxyl groups excluding tert-OH is 1. The van der Waals surface area contributed by atoms with E-state index >= 15 is 0 Å². The van der Waals surface area contributed by atoms with E-state index in [1.807, 2.05) is 18.2 Å². The third kappa shape index (κ3) is 5.00. The van der Waals surface area contributed by atoms with E-state index in [0.717, 1.165) is 6.42 Å². The van der Waals surface area contributed by atoms with Crippen LogP contribution in [0.1, 0.15) is 24.3 Å². The van der Waals surface area contributed by atoms with Gasteiger partial charge in [-0.2, -0.15) is 0 Å². The molecule has 0 aliphatic carbocycles. The second-order valence-electron chi connectivity index (χ2n) is 4.78. The number of thiophene rings is 1. The average Bonchev–Trinajstić information content (AvgIpc) is 3.01. The normalized spacial score (nSPS) is 13.9. The second kappa shape index (κ2) is 8.39. The van der Waals surface area contributed by atoms with Gasteiger partial charge in [0.05, 0.1) is 5.02 Å². The van der Waals surface area contributed by atoms with Crippen molar-refractivity contribution < 1.29 is 9.84 Å². The molecule has 21 heavy (non-hydrogen) atoms. The highest BCUT2D eigenvalue weighted by Gasteiger charge is 2.13. The zero-order valence-corrected chi connectivity index (χ0v) is 13.5. The van der Waals surface area contributed by atoms with E-state index in [0.29, 0.717) is 17.3 Å². The Morgan fingerprint density at radius 3 is 2.76 bits per heavy atom. The summed E-state index contributed by atoms with van der Waals surface area (Å²) in [6, 6.07) is 11.7. The number of ether oxygens (including phenoxy) is 1. The van der Waals surface area contributed by atoms with Gasteiger partial charge in [-0.05, 0) is 30.0 Å². The first-order valence-electron chi connectivity index (χ1n) is 7.03. The third-order valence-electron chi connectivity index (χ3n) is 3.16. The fourth-order valence-corrected chi connectivity index (χ4v) is 3.10. The standard InChI is InChI=1S/C16H20ClNO2S/c1-2-14(16-8-5-9-21-16)18-10-12(19)11-20-15-7-4-3-6-13(15)17/h3-9,12,14,18-19H,2,10-11H2,1H3. The van der Waals surface area contributed by atoms with Crippen molar-refractivity contribution in [2.45, 2.75) is 25.5 Å². The third-order valence-corrected chi connectivity index (χ3v) is 4.46. The topological polar surface area (TPSA) is 41.5 Å². The fraction of sp³-hybridized carbons (Fsp3) is 0.375. The molecular formula is C16H20ClNO2S. The maximum Gasteiger partial charge on any atom is 0.138 e. The second-order valence-corrected chi connectivity index (χ2v) is 6.17. The molecule has 2 rings (SSSR count). The van der Waals surface area contributed by atoms with Gasteiger partial charge in [0, 0.05) is 17.5 Å². The van der Waals surface area contributed by atoms with E-state index in [9.17, 15) is 5.11 Å². The molecule has 0 saturated heterocycles. The SMILES string of the molecule is CCC(NCC(O)COc1ccccc1Cl)c1cccs1. The number of aliphatic hydroxyl groups is 1. The molecule has 1 aromatic heterocycles. The number of para-hydroxylation sites is 1. The van der Waals surface area contributed by atoms with Crippen LogP contribution in [0.4, 0.5) is 0 Å². The van der Waals surface area contributed by atoms with E-state index in [1.54, 1.807) is 23.5 Å². The number of hydrogen-bond acceptors (Lipinski definition) is 4. The Morgan fingerprint density at radius 1 is 1.29 bits per heavy atom. The van der Waals surface area contributed by atoms with Crippen molar-refractivity contribution in [3.05, 3.63) is 51.7 Å². The lowest BCUT2D eigenvalue weighted by Gasteiger charge is -2.19. The zero-order valence-electron chi connectivity index (χ0n) is 12.0. The average molecular weight is 326 g/mol. The van der Waals surface area contributed by atoms with Gasteiger partial charge in [0.25, 0.3) is 0 Å². The molecule has 0 saturated carbocycles. The molecule has 0 amide bonds. The largest absolute Gasteiger partial charge is 0.489 e. The summed E-state index contributed by atoms with van der Waals surface area (Å²) in [5, 5.41) is 16.0. The van der Waals surface area contributed by atoms with Crippen LogP contribution >= 0.6 is 22.9 Å². The molecule has 0 bridgehead atoms. The highest BCUT2D eigenvalue weighted by atomic mass is 35.5. The van der Waals surface area contributed by atoms with Crippen LogP contribution in [-0.2, 0) is 0 Å². The molecule has 0 spiro atoms. The molecule has 1 aromatic carbocycles. The lowest BCUT2D eigenvalue weighted by atomic mass is 10.2. The Balaban J connectivity index is 1.77. The van der Waals surface area contributed by atoms with Crippen molar-refractivity contribution in [2.24, 2.45) is 0 Å². The minimum Gasteiger partial charge on any atom is -0.489 e. The van der Waals surface area contributed by atoms with Crippen LogP contribution in [0.3, 0.4) is 0 Å². The van der Waals surface area contributed by atoms with Gasteiger partial charge in [0.2, 0.25) is 0 Å². The number of nitrogens with one attached hydrogen (secondary N) is 1. The van der Waals surface area contributed by atoms with E-state index in [2.05, 4.69) is 23.7 Å². The Kier molecular flexibility index (Phi) is 6.51. The molecule has 0 radical (unpaired) electrons. The molecule has 114 valence electrons. The molecule has 2 aromatic rings. The van der Waals surface area contributed by atoms with Gasteiger partial charge in [0.15, 0.2) is 0 Å². The molecule has 2 atom stereocenters. The Morgan fingerprint density at radius 2 is 2.10 bits per heavy atom. The number of halogens is 1. The van der Waals surface area contributed by atoms with Crippen LogP contribution in [0.2, 0.25) is 5.02 Å². The van der Waals surface area contributed by atoms with Gasteiger partial charge in [0.1, 0.15) is 18.5 Å². The predicted octanol–water partition coefficient (Wildman–Crippen LogP) is 3.88. The highest BCUT2D eigenvalue weighted by molar-refractivity contribution is 7.10. The molecule has 5 heteroatoms. The zero-order chi connectivity index (χ0) is 15.1. The summed E-state index contributed by atoms with van der Waals surface area (Å²) in [5.41, 5.74) is 0. The minimum atomic E-state index is -0.574. The summed E-state index contributed by atoms with van der Waals surface area (Å²) in [7, 11) is 0. The maximum atomic E-state index is 10.0. The number of rotatable bonds is 8. The monoisotopic (exact) mass is 325 g/mol. The van der Waals surface area contributed by atoms with E-state index in [4.69, 9.17) is 16.3 Å². The van der Waals surface area contributed by atoms with Crippen LogP contribution < -0.4 is 10.1 Å². The summed E-state index contributed by atoms with van der Waals surface area (Å²) in [6.07, 6.45) is 0.411. The number of hydrogen-bond donors (Lipinski definition) is 2. The highest BCUT2D eigenvalue weighted by Crippen LogP contribution is 2.23. The molecule has 2 unspecified atom stereocenters. The van der Waals surface area contributed by atoms with Gasteiger partial charge in [-0.15, -0.1) is 11.3 Å². The van der Waals surface area contributed by atoms with Crippen molar-refractivity contribution >= 4 is 22.9 Å². The first-order valence-corrected chi connectivity index (χ1v) is 8.28. The van der Waals surface area contributed by atoms with Crippen molar-refractivity contribution in [3.8, 4) is 5.75 Å². The summed E-state index contributed by atoms with van der Waals surface area (Å²) >= 11 is 7.73. The van der Waals surface area contributed by atoms with E-state index in [-0.39, 0.29) is 12.6 Å². The molecule has 0 aliphatic heterocycles. The fourth-order valence-electron chi connectivity index (χ4n) is 2.02. The summed E-state index contributed by atoms with van der Waals surface area (Å²) in [4.78, 5) is 1.29. The van der Waals surface area contributed by atoms with Crippen molar-refractivity contribution in [1.82, 2.24) is 5.32 Å². The van der Waals surface area contributed by atoms with Gasteiger partial charge < -0.3 is 15.2 Å². The van der Waals surface area contributed by atoms with Gasteiger partial charge in [-0.1, -0.05) is 36.7 Å². The molecular weight excluding hydrogens is 306 g/mol. The van der Waals surface area contributed by atoms with E-state index < -0.39 is 6.10 Å². The predicted molar refractivity (Wildman–Crippen MR) is 88.3 cm³/mol. The van der Waals surface area contributed by atoms with Gasteiger partial charge >= 0.3 is 0 Å². The Labute approximate surface area is 134 Å². The van der Waals surface area contributed by atoms with Gasteiger partial charge in [-0.25, -0.2) is 0 Å². The van der Waals surface area contributed by atoms with Crippen LogP contribution in [0.25, 0.3) is 0 Å². The molecule has 3 nitrogen and oxygen atoms in total. The molecule has 0 aliphatic rings. The quantitative estimate of drug-likeness (QED) is 0.774. The lowest BCUT2D eigenvalue weighted by Crippen LogP contribution is -2.33. The first kappa shape index (κ1) is 16.3. The van der Waals surface area contributed by atoms with Crippen molar-refractivity contribution in [1.29, 1.82) is 0 Å². The Hall–Kier alpha value is -1.07. The van der Waals surface area contributed by atoms with Crippen molar-refractivity contribution in [2.75, 3.05) is 13.2 Å². The first-order chi connectivity index (χ1) is 10.2. The molecule has 0 fully saturated rings. The number of benzene rings is 1. The van der Waals surface area contributed by atoms with Crippen LogP contribution in [0.15, 0.2) is 41.8 Å². The Bertz CT molecular complexity index is 533. The molecule has 2 N–H and O–H groups in total. The van der Waals surface area contributed by atoms with Crippen LogP contribution in [0.5, 0.6) is 5.75 Å². The van der Waals surface area contributed by atoms with Crippen molar-refractivity contribution in [3.63, 3.8) is 0 Å². The lowest BCUT2D eigenvalue weighted by molar-refractivity contribution is 0.103. The summed E-state index contributed by atoms with van der Waals surface area (Å²) < 4.78 is 5.54. The molecule has 1 heterocycles. The summed E-state index contributed by atoms with van der Waals surface area (Å²) in [6.45, 7) is 2.84. The maximum absolute atomic E-state index is 10.0. The minimum absolute atomic E-state index is 0.220. The van der Waals surface area contributed by atoms with Gasteiger partial charge in [-0.3, -0.25) is 0 Å². The summed E-state index contributed by atoms with van der Waals surface area (Å²) in [5.74, 6) is 0.600. The van der Waals surface area contributed by atoms with Crippen LogP contribution in [-0.4, -0.2) is 24.4 Å². The van der Waals surface area contributed by atoms with Crippen LogP contribution in [0, 0.1) is 0 Å². The van der Waals surface area contributed by atoms with E-state index in [1.165, 1.54) is 4.88 Å². The smallest absolute Gasteiger partial charge is 0.138 e.